The standard InChI is InChI=1S/C11H20N2O2/c1-5-7-13(10(4)14)8-11(15)12-9(3)6-2/h5,9H,1,6-8H2,2-4H3,(H,12,15). The van der Waals surface area contributed by atoms with Crippen LogP contribution in [0.15, 0.2) is 12.7 Å². The number of rotatable bonds is 6. The highest BCUT2D eigenvalue weighted by Gasteiger charge is 2.12. The van der Waals surface area contributed by atoms with E-state index in [1.807, 2.05) is 13.8 Å². The third-order valence-electron chi connectivity index (χ3n) is 2.15. The fourth-order valence-corrected chi connectivity index (χ4v) is 1.06. The van der Waals surface area contributed by atoms with Crippen molar-refractivity contribution in [1.29, 1.82) is 0 Å². The summed E-state index contributed by atoms with van der Waals surface area (Å²) in [4.78, 5) is 24.0. The number of carbonyl (C=O) groups is 2. The molecule has 2 amide bonds. The molecule has 4 heteroatoms. The van der Waals surface area contributed by atoms with Crippen molar-refractivity contribution in [3.8, 4) is 0 Å². The van der Waals surface area contributed by atoms with Crippen LogP contribution in [0.5, 0.6) is 0 Å². The quantitative estimate of drug-likeness (QED) is 0.666. The fourth-order valence-electron chi connectivity index (χ4n) is 1.06. The Bertz CT molecular complexity index is 239. The van der Waals surface area contributed by atoms with Gasteiger partial charge in [0, 0.05) is 19.5 Å². The van der Waals surface area contributed by atoms with Crippen molar-refractivity contribution in [2.24, 2.45) is 0 Å². The molecule has 1 atom stereocenters. The molecule has 0 heterocycles. The van der Waals surface area contributed by atoms with Crippen LogP contribution in [-0.2, 0) is 9.59 Å². The molecule has 0 fully saturated rings. The minimum atomic E-state index is -0.124. The second kappa shape index (κ2) is 7.04. The van der Waals surface area contributed by atoms with Crippen molar-refractivity contribution in [3.63, 3.8) is 0 Å². The van der Waals surface area contributed by atoms with Gasteiger partial charge in [0.1, 0.15) is 0 Å². The molecule has 4 nitrogen and oxygen atoms in total. The molecule has 0 aliphatic carbocycles. The number of carbonyl (C=O) groups excluding carboxylic acids is 2. The maximum atomic E-state index is 11.5. The summed E-state index contributed by atoms with van der Waals surface area (Å²) in [6, 6.07) is 0.148. The Morgan fingerprint density at radius 2 is 2.13 bits per heavy atom. The molecule has 15 heavy (non-hydrogen) atoms. The Hall–Kier alpha value is -1.32. The maximum absolute atomic E-state index is 11.5. The van der Waals surface area contributed by atoms with E-state index in [2.05, 4.69) is 11.9 Å². The molecular weight excluding hydrogens is 192 g/mol. The Morgan fingerprint density at radius 1 is 1.53 bits per heavy atom. The van der Waals surface area contributed by atoms with E-state index in [1.54, 1.807) is 6.08 Å². The van der Waals surface area contributed by atoms with Gasteiger partial charge < -0.3 is 10.2 Å². The monoisotopic (exact) mass is 212 g/mol. The zero-order chi connectivity index (χ0) is 11.8. The first-order valence-corrected chi connectivity index (χ1v) is 5.17. The van der Waals surface area contributed by atoms with Gasteiger partial charge in [-0.2, -0.15) is 0 Å². The number of hydrogen-bond donors (Lipinski definition) is 1. The highest BCUT2D eigenvalue weighted by atomic mass is 16.2. The Balaban J connectivity index is 4.10. The molecule has 0 aromatic carbocycles. The van der Waals surface area contributed by atoms with Crippen LogP contribution in [0.3, 0.4) is 0 Å². The topological polar surface area (TPSA) is 49.4 Å². The summed E-state index contributed by atoms with van der Waals surface area (Å²) in [6.45, 7) is 9.43. The molecule has 0 bridgehead atoms. The van der Waals surface area contributed by atoms with E-state index in [-0.39, 0.29) is 24.4 Å². The summed E-state index contributed by atoms with van der Waals surface area (Å²) in [6.07, 6.45) is 2.49. The molecule has 0 saturated carbocycles. The average Bonchev–Trinajstić information content (AvgIpc) is 2.16. The summed E-state index contributed by atoms with van der Waals surface area (Å²) < 4.78 is 0. The SMILES string of the molecule is C=CCN(CC(=O)NC(C)CC)C(C)=O. The molecule has 1 unspecified atom stereocenters. The van der Waals surface area contributed by atoms with Gasteiger partial charge in [0.05, 0.1) is 6.54 Å². The van der Waals surface area contributed by atoms with Gasteiger partial charge in [-0.15, -0.1) is 6.58 Å². The minimum Gasteiger partial charge on any atom is -0.352 e. The molecule has 0 aliphatic rings. The van der Waals surface area contributed by atoms with Gasteiger partial charge in [-0.25, -0.2) is 0 Å². The van der Waals surface area contributed by atoms with Crippen molar-refractivity contribution in [2.45, 2.75) is 33.2 Å². The number of amides is 2. The first-order chi connectivity index (χ1) is 7.01. The van der Waals surface area contributed by atoms with E-state index in [0.717, 1.165) is 6.42 Å². The lowest BCUT2D eigenvalue weighted by molar-refractivity contribution is -0.134. The highest BCUT2D eigenvalue weighted by molar-refractivity contribution is 5.83. The van der Waals surface area contributed by atoms with Crippen molar-refractivity contribution in [1.82, 2.24) is 10.2 Å². The molecule has 0 radical (unpaired) electrons. The number of nitrogens with one attached hydrogen (secondary N) is 1. The molecule has 0 aliphatic heterocycles. The van der Waals surface area contributed by atoms with Gasteiger partial charge in [0.2, 0.25) is 11.8 Å². The van der Waals surface area contributed by atoms with Crippen molar-refractivity contribution in [3.05, 3.63) is 12.7 Å². The lowest BCUT2D eigenvalue weighted by Crippen LogP contribution is -2.42. The van der Waals surface area contributed by atoms with Crippen molar-refractivity contribution < 1.29 is 9.59 Å². The zero-order valence-electron chi connectivity index (χ0n) is 9.75. The summed E-state index contributed by atoms with van der Waals surface area (Å²) in [7, 11) is 0. The van der Waals surface area contributed by atoms with Crippen LogP contribution >= 0.6 is 0 Å². The van der Waals surface area contributed by atoms with E-state index < -0.39 is 0 Å². The maximum Gasteiger partial charge on any atom is 0.239 e. The molecule has 86 valence electrons. The Kier molecular flexibility index (Phi) is 6.42. The lowest BCUT2D eigenvalue weighted by Gasteiger charge is -2.20. The fraction of sp³-hybridized carbons (Fsp3) is 0.636. The molecule has 1 N–H and O–H groups in total. The van der Waals surface area contributed by atoms with Crippen LogP contribution in [0.25, 0.3) is 0 Å². The first kappa shape index (κ1) is 13.7. The van der Waals surface area contributed by atoms with Gasteiger partial charge in [0.15, 0.2) is 0 Å². The third-order valence-corrected chi connectivity index (χ3v) is 2.15. The summed E-state index contributed by atoms with van der Waals surface area (Å²) in [5, 5.41) is 2.81. The molecule has 0 saturated heterocycles. The van der Waals surface area contributed by atoms with Gasteiger partial charge >= 0.3 is 0 Å². The van der Waals surface area contributed by atoms with Crippen LogP contribution in [-0.4, -0.2) is 35.8 Å². The van der Waals surface area contributed by atoms with E-state index in [9.17, 15) is 9.59 Å². The zero-order valence-corrected chi connectivity index (χ0v) is 9.75. The smallest absolute Gasteiger partial charge is 0.239 e. The van der Waals surface area contributed by atoms with Gasteiger partial charge in [-0.1, -0.05) is 13.0 Å². The van der Waals surface area contributed by atoms with Gasteiger partial charge in [0.25, 0.3) is 0 Å². The van der Waals surface area contributed by atoms with Crippen LogP contribution in [0.4, 0.5) is 0 Å². The highest BCUT2D eigenvalue weighted by Crippen LogP contribution is 1.92. The molecular formula is C11H20N2O2. The Morgan fingerprint density at radius 3 is 2.53 bits per heavy atom. The molecule has 0 rings (SSSR count). The van der Waals surface area contributed by atoms with Gasteiger partial charge in [-0.3, -0.25) is 9.59 Å². The van der Waals surface area contributed by atoms with E-state index >= 15 is 0 Å². The Labute approximate surface area is 91.3 Å². The second-order valence-electron chi connectivity index (χ2n) is 3.57. The lowest BCUT2D eigenvalue weighted by atomic mass is 10.2. The normalized spacial score (nSPS) is 11.7. The van der Waals surface area contributed by atoms with Crippen molar-refractivity contribution in [2.75, 3.05) is 13.1 Å². The second-order valence-corrected chi connectivity index (χ2v) is 3.57. The first-order valence-electron chi connectivity index (χ1n) is 5.17. The number of nitrogens with zero attached hydrogens (tertiary/aromatic N) is 1. The largest absolute Gasteiger partial charge is 0.352 e. The van der Waals surface area contributed by atoms with E-state index in [0.29, 0.717) is 6.54 Å². The summed E-state index contributed by atoms with van der Waals surface area (Å²) in [5.74, 6) is -0.240. The molecule has 0 aromatic rings. The molecule has 0 aromatic heterocycles. The predicted octanol–water partition coefficient (Wildman–Crippen LogP) is 0.936. The number of hydrogen-bond acceptors (Lipinski definition) is 2. The van der Waals surface area contributed by atoms with E-state index in [1.165, 1.54) is 11.8 Å². The summed E-state index contributed by atoms with van der Waals surface area (Å²) >= 11 is 0. The van der Waals surface area contributed by atoms with Crippen molar-refractivity contribution >= 4 is 11.8 Å². The average molecular weight is 212 g/mol. The van der Waals surface area contributed by atoms with Crippen LogP contribution in [0, 0.1) is 0 Å². The van der Waals surface area contributed by atoms with E-state index in [4.69, 9.17) is 0 Å². The predicted molar refractivity (Wildman–Crippen MR) is 60.3 cm³/mol. The van der Waals surface area contributed by atoms with Crippen LogP contribution < -0.4 is 5.32 Å². The minimum absolute atomic E-state index is 0.103. The summed E-state index contributed by atoms with van der Waals surface area (Å²) in [5.41, 5.74) is 0. The van der Waals surface area contributed by atoms with Gasteiger partial charge in [-0.05, 0) is 13.3 Å². The molecule has 0 spiro atoms. The van der Waals surface area contributed by atoms with Crippen LogP contribution in [0.1, 0.15) is 27.2 Å². The van der Waals surface area contributed by atoms with Crippen LogP contribution in [0.2, 0.25) is 0 Å². The third kappa shape index (κ3) is 5.88.